The number of hydrogen-bond donors (Lipinski definition) is 2. The number of fused-ring (bicyclic) bond motifs is 2. The highest BCUT2D eigenvalue weighted by atomic mass is 32.2. The maximum atomic E-state index is 13.8. The predicted molar refractivity (Wildman–Crippen MR) is 123 cm³/mol. The van der Waals surface area contributed by atoms with Crippen molar-refractivity contribution in [3.63, 3.8) is 0 Å². The van der Waals surface area contributed by atoms with E-state index in [4.69, 9.17) is 14.2 Å². The molecule has 3 rings (SSSR count). The van der Waals surface area contributed by atoms with Crippen LogP contribution in [0.5, 0.6) is 5.75 Å². The van der Waals surface area contributed by atoms with Gasteiger partial charge in [-0.2, -0.15) is 0 Å². The van der Waals surface area contributed by atoms with E-state index in [0.29, 0.717) is 11.4 Å². The lowest BCUT2D eigenvalue weighted by Gasteiger charge is -2.35. The van der Waals surface area contributed by atoms with Crippen molar-refractivity contribution >= 4 is 41.4 Å². The second-order valence-corrected chi connectivity index (χ2v) is 7.86. The highest BCUT2D eigenvalue weighted by Crippen LogP contribution is 2.49. The molecular weight excluding hydrogens is 448 g/mol. The lowest BCUT2D eigenvalue weighted by atomic mass is 10.2. The number of alkyl carbamates (subject to hydrolysis) is 2. The highest BCUT2D eigenvalue weighted by molar-refractivity contribution is 7.99. The zero-order valence-corrected chi connectivity index (χ0v) is 19.4. The Balaban J connectivity index is 1.91. The monoisotopic (exact) mass is 474 g/mol. The molecule has 0 atom stereocenters. The van der Waals surface area contributed by atoms with Gasteiger partial charge in [0.15, 0.2) is 0 Å². The van der Waals surface area contributed by atoms with Crippen molar-refractivity contribution in [3.8, 4) is 5.75 Å². The van der Waals surface area contributed by atoms with E-state index in [-0.39, 0.29) is 32.3 Å². The summed E-state index contributed by atoms with van der Waals surface area (Å²) in [7, 11) is 4.47. The summed E-state index contributed by atoms with van der Waals surface area (Å²) in [5.74, 6) is 0.615. The van der Waals surface area contributed by atoms with Gasteiger partial charge in [0.1, 0.15) is 19.0 Å². The van der Waals surface area contributed by atoms with E-state index >= 15 is 0 Å². The standard InChI is InChI=1S/C22H26N4O6S/c1-23-20(27)31-12-10-25(11-13-32-21(28)24-2)22(29)26-16-6-4-5-7-18(16)33-19-9-8-15(30-3)14-17(19)26/h4-9,14H,10-13H2,1-3H3,(H,23,27)(H,24,28). The summed E-state index contributed by atoms with van der Waals surface area (Å²) >= 11 is 1.56. The molecule has 0 saturated carbocycles. The van der Waals surface area contributed by atoms with Crippen molar-refractivity contribution in [2.45, 2.75) is 9.79 Å². The second-order valence-electron chi connectivity index (χ2n) is 6.78. The number of methoxy groups -OCH3 is 1. The van der Waals surface area contributed by atoms with Gasteiger partial charge in [0.25, 0.3) is 0 Å². The van der Waals surface area contributed by atoms with Crippen molar-refractivity contribution in [2.24, 2.45) is 0 Å². The third kappa shape index (κ3) is 5.80. The van der Waals surface area contributed by atoms with E-state index in [1.807, 2.05) is 36.4 Å². The van der Waals surface area contributed by atoms with E-state index in [2.05, 4.69) is 10.6 Å². The molecule has 11 heteroatoms. The number of carbonyl (C=O) groups is 3. The van der Waals surface area contributed by atoms with Gasteiger partial charge in [0.2, 0.25) is 0 Å². The molecule has 0 aliphatic carbocycles. The first-order valence-electron chi connectivity index (χ1n) is 10.2. The van der Waals surface area contributed by atoms with Gasteiger partial charge in [-0.15, -0.1) is 0 Å². The number of para-hydroxylation sites is 1. The summed E-state index contributed by atoms with van der Waals surface area (Å²) in [6.45, 7) is 0.157. The smallest absolute Gasteiger partial charge is 0.406 e. The largest absolute Gasteiger partial charge is 0.497 e. The number of amides is 4. The quantitative estimate of drug-likeness (QED) is 0.633. The summed E-state index contributed by atoms with van der Waals surface area (Å²) in [5.41, 5.74) is 1.39. The molecule has 0 fully saturated rings. The van der Waals surface area contributed by atoms with Crippen LogP contribution in [0.2, 0.25) is 0 Å². The molecule has 2 N–H and O–H groups in total. The molecule has 2 aromatic carbocycles. The van der Waals surface area contributed by atoms with Gasteiger partial charge in [-0.1, -0.05) is 23.9 Å². The Morgan fingerprint density at radius 1 is 0.909 bits per heavy atom. The van der Waals surface area contributed by atoms with Crippen molar-refractivity contribution < 1.29 is 28.6 Å². The Morgan fingerprint density at radius 3 is 2.12 bits per heavy atom. The maximum Gasteiger partial charge on any atom is 0.406 e. The predicted octanol–water partition coefficient (Wildman–Crippen LogP) is 3.43. The molecule has 0 radical (unpaired) electrons. The summed E-state index contributed by atoms with van der Waals surface area (Å²) < 4.78 is 15.5. The first-order chi connectivity index (χ1) is 16.0. The Morgan fingerprint density at radius 2 is 1.52 bits per heavy atom. The lowest BCUT2D eigenvalue weighted by Crippen LogP contribution is -2.45. The van der Waals surface area contributed by atoms with Crippen LogP contribution in [0.1, 0.15) is 0 Å². The van der Waals surface area contributed by atoms with Crippen LogP contribution in [-0.2, 0) is 9.47 Å². The molecular formula is C22H26N4O6S. The molecule has 33 heavy (non-hydrogen) atoms. The molecule has 0 spiro atoms. The first-order valence-corrected chi connectivity index (χ1v) is 11.0. The minimum absolute atomic E-state index is 0.0272. The maximum absolute atomic E-state index is 13.8. The lowest BCUT2D eigenvalue weighted by molar-refractivity contribution is 0.116. The number of rotatable bonds is 7. The van der Waals surface area contributed by atoms with Crippen LogP contribution in [0.4, 0.5) is 25.8 Å². The van der Waals surface area contributed by atoms with Crippen LogP contribution < -0.4 is 20.3 Å². The summed E-state index contributed by atoms with van der Waals surface area (Å²) in [5, 5.41) is 4.73. The van der Waals surface area contributed by atoms with E-state index in [9.17, 15) is 14.4 Å². The minimum atomic E-state index is -0.598. The van der Waals surface area contributed by atoms with Gasteiger partial charge in [-0.3, -0.25) is 4.90 Å². The number of nitrogens with zero attached hydrogens (tertiary/aromatic N) is 2. The molecule has 1 heterocycles. The topological polar surface area (TPSA) is 109 Å². The fourth-order valence-electron chi connectivity index (χ4n) is 3.15. The third-order valence-corrected chi connectivity index (χ3v) is 5.92. The molecule has 0 saturated heterocycles. The van der Waals surface area contributed by atoms with Crippen molar-refractivity contribution in [1.29, 1.82) is 0 Å². The Hall–Kier alpha value is -3.60. The minimum Gasteiger partial charge on any atom is -0.497 e. The number of nitrogens with one attached hydrogen (secondary N) is 2. The highest BCUT2D eigenvalue weighted by Gasteiger charge is 2.32. The fraction of sp³-hybridized carbons (Fsp3) is 0.318. The number of anilines is 2. The van der Waals surface area contributed by atoms with E-state index in [1.165, 1.54) is 19.0 Å². The third-order valence-electron chi connectivity index (χ3n) is 4.79. The zero-order chi connectivity index (χ0) is 23.8. The Kier molecular flexibility index (Phi) is 8.25. The van der Waals surface area contributed by atoms with E-state index in [1.54, 1.807) is 29.8 Å². The van der Waals surface area contributed by atoms with Crippen LogP contribution in [0.15, 0.2) is 52.3 Å². The summed E-state index contributed by atoms with van der Waals surface area (Å²) in [6.07, 6.45) is -1.20. The molecule has 0 unspecified atom stereocenters. The van der Waals surface area contributed by atoms with Gasteiger partial charge in [-0.05, 0) is 24.3 Å². The van der Waals surface area contributed by atoms with Gasteiger partial charge in [0, 0.05) is 30.0 Å². The molecule has 0 aromatic heterocycles. The van der Waals surface area contributed by atoms with Crippen LogP contribution in [0.3, 0.4) is 0 Å². The molecule has 1 aliphatic heterocycles. The molecule has 0 bridgehead atoms. The molecule has 176 valence electrons. The van der Waals surface area contributed by atoms with E-state index in [0.717, 1.165) is 15.5 Å². The Bertz CT molecular complexity index is 996. The van der Waals surface area contributed by atoms with Crippen molar-refractivity contribution in [2.75, 3.05) is 52.4 Å². The van der Waals surface area contributed by atoms with Crippen LogP contribution in [0, 0.1) is 0 Å². The van der Waals surface area contributed by atoms with Gasteiger partial charge < -0.3 is 29.7 Å². The number of benzene rings is 2. The number of carbonyl (C=O) groups excluding carboxylic acids is 3. The second kappa shape index (κ2) is 11.3. The normalized spacial score (nSPS) is 11.5. The zero-order valence-electron chi connectivity index (χ0n) is 18.6. The van der Waals surface area contributed by atoms with Crippen molar-refractivity contribution in [3.05, 3.63) is 42.5 Å². The number of hydrogen-bond acceptors (Lipinski definition) is 7. The van der Waals surface area contributed by atoms with Gasteiger partial charge in [0.05, 0.1) is 31.6 Å². The number of urea groups is 1. The average molecular weight is 475 g/mol. The van der Waals surface area contributed by atoms with Crippen molar-refractivity contribution in [1.82, 2.24) is 15.5 Å². The van der Waals surface area contributed by atoms with Gasteiger partial charge >= 0.3 is 18.2 Å². The number of ether oxygens (including phenoxy) is 3. The summed E-state index contributed by atoms with van der Waals surface area (Å²) in [4.78, 5) is 41.6. The van der Waals surface area contributed by atoms with Crippen LogP contribution >= 0.6 is 11.8 Å². The molecule has 10 nitrogen and oxygen atoms in total. The SMILES string of the molecule is CNC(=O)OCCN(CCOC(=O)NC)C(=O)N1c2ccccc2Sc2ccc(OC)cc21. The van der Waals surface area contributed by atoms with Crippen LogP contribution in [-0.4, -0.2) is 70.6 Å². The van der Waals surface area contributed by atoms with Gasteiger partial charge in [-0.25, -0.2) is 14.4 Å². The molecule has 1 aliphatic rings. The Labute approximate surface area is 196 Å². The molecule has 4 amide bonds. The average Bonchev–Trinajstić information content (AvgIpc) is 2.85. The first kappa shape index (κ1) is 24.1. The molecule has 2 aromatic rings. The van der Waals surface area contributed by atoms with E-state index < -0.39 is 12.2 Å². The van der Waals surface area contributed by atoms with Crippen LogP contribution in [0.25, 0.3) is 0 Å². The fourth-order valence-corrected chi connectivity index (χ4v) is 4.19. The summed E-state index contributed by atoms with van der Waals surface area (Å²) in [6, 6.07) is 12.8.